The SMILES string of the molecule is COC(=O)C1=C(CN2CC(F)(F)C(C)(C)C2CCC(=O)O)NC(c2nccs2)=NC1. The highest BCUT2D eigenvalue weighted by molar-refractivity contribution is 7.11. The van der Waals surface area contributed by atoms with Gasteiger partial charge in [-0.05, 0) is 6.42 Å². The number of aromatic nitrogens is 1. The van der Waals surface area contributed by atoms with Crippen LogP contribution >= 0.6 is 11.3 Å². The molecule has 0 aliphatic carbocycles. The second kappa shape index (κ2) is 8.38. The van der Waals surface area contributed by atoms with Gasteiger partial charge in [0.15, 0.2) is 10.8 Å². The molecule has 2 aliphatic heterocycles. The second-order valence-electron chi connectivity index (χ2n) is 7.86. The standard InChI is InChI=1S/C19H24F2N4O4S/c1-18(2)13(4-5-14(26)27)25(10-19(18,20)21)9-12-11(17(28)29-3)8-23-15(24-12)16-22-6-7-30-16/h6-7,13H,4-5,8-10H2,1-3H3,(H,23,24)(H,26,27). The lowest BCUT2D eigenvalue weighted by Crippen LogP contribution is -2.43. The minimum absolute atomic E-state index is 0.0120. The van der Waals surface area contributed by atoms with Crippen LogP contribution in [0.15, 0.2) is 27.8 Å². The predicted molar refractivity (Wildman–Crippen MR) is 107 cm³/mol. The van der Waals surface area contributed by atoms with Crippen molar-refractivity contribution >= 4 is 29.1 Å². The lowest BCUT2D eigenvalue weighted by molar-refractivity contribution is -0.138. The number of esters is 1. The Morgan fingerprint density at radius 3 is 2.77 bits per heavy atom. The van der Waals surface area contributed by atoms with Crippen LogP contribution in [0.5, 0.6) is 0 Å². The maximum atomic E-state index is 14.8. The van der Waals surface area contributed by atoms with Gasteiger partial charge in [-0.25, -0.2) is 18.6 Å². The van der Waals surface area contributed by atoms with Crippen LogP contribution in [0.25, 0.3) is 0 Å². The van der Waals surface area contributed by atoms with Crippen molar-refractivity contribution in [1.29, 1.82) is 0 Å². The van der Waals surface area contributed by atoms with Gasteiger partial charge in [-0.2, -0.15) is 0 Å². The Bertz CT molecular complexity index is 883. The molecule has 164 valence electrons. The number of amidine groups is 1. The molecule has 8 nitrogen and oxygen atoms in total. The van der Waals surface area contributed by atoms with Crippen molar-refractivity contribution in [3.05, 3.63) is 27.9 Å². The minimum atomic E-state index is -3.01. The zero-order valence-corrected chi connectivity index (χ0v) is 17.8. The molecular formula is C19H24F2N4O4S. The molecule has 2 aliphatic rings. The predicted octanol–water partition coefficient (Wildman–Crippen LogP) is 2.13. The van der Waals surface area contributed by atoms with E-state index in [1.165, 1.54) is 32.3 Å². The van der Waals surface area contributed by atoms with E-state index < -0.39 is 35.9 Å². The van der Waals surface area contributed by atoms with E-state index in [0.29, 0.717) is 16.5 Å². The van der Waals surface area contributed by atoms with Crippen LogP contribution < -0.4 is 5.32 Å². The van der Waals surface area contributed by atoms with Gasteiger partial charge in [0.2, 0.25) is 0 Å². The number of alkyl halides is 2. The Labute approximate surface area is 176 Å². The Hall–Kier alpha value is -2.40. The summed E-state index contributed by atoms with van der Waals surface area (Å²) >= 11 is 1.36. The lowest BCUT2D eigenvalue weighted by Gasteiger charge is -2.34. The fourth-order valence-corrected chi connectivity index (χ4v) is 4.46. The summed E-state index contributed by atoms with van der Waals surface area (Å²) in [6.45, 7) is 2.42. The summed E-state index contributed by atoms with van der Waals surface area (Å²) in [6, 6.07) is -0.682. The van der Waals surface area contributed by atoms with Gasteiger partial charge in [0, 0.05) is 41.7 Å². The number of carboxylic acid groups (broad SMARTS) is 1. The largest absolute Gasteiger partial charge is 0.481 e. The number of carbonyl (C=O) groups is 2. The molecule has 2 N–H and O–H groups in total. The first-order valence-electron chi connectivity index (χ1n) is 9.42. The number of methoxy groups -OCH3 is 1. The van der Waals surface area contributed by atoms with Crippen molar-refractivity contribution < 1.29 is 28.2 Å². The van der Waals surface area contributed by atoms with Gasteiger partial charge in [-0.15, -0.1) is 11.3 Å². The highest BCUT2D eigenvalue weighted by atomic mass is 32.1. The Kier molecular flexibility index (Phi) is 6.23. The summed E-state index contributed by atoms with van der Waals surface area (Å²) in [6.07, 6.45) is 1.48. The van der Waals surface area contributed by atoms with Gasteiger partial charge in [0.05, 0.1) is 25.8 Å². The van der Waals surface area contributed by atoms with E-state index >= 15 is 0 Å². The average Bonchev–Trinajstić information content (AvgIpc) is 3.26. The van der Waals surface area contributed by atoms with E-state index in [9.17, 15) is 18.4 Å². The normalized spacial score (nSPS) is 23.1. The quantitative estimate of drug-likeness (QED) is 0.624. The molecule has 1 saturated heterocycles. The number of aliphatic carboxylic acids is 1. The number of ether oxygens (including phenoxy) is 1. The van der Waals surface area contributed by atoms with Crippen molar-refractivity contribution in [3.8, 4) is 0 Å². The number of carbonyl (C=O) groups excluding carboxylic acids is 1. The molecule has 0 radical (unpaired) electrons. The van der Waals surface area contributed by atoms with Crippen molar-refractivity contribution in [2.75, 3.05) is 26.7 Å². The molecule has 0 amide bonds. The average molecular weight is 442 g/mol. The topological polar surface area (TPSA) is 104 Å². The number of likely N-dealkylation sites (tertiary alicyclic amines) is 1. The van der Waals surface area contributed by atoms with E-state index in [2.05, 4.69) is 15.3 Å². The highest BCUT2D eigenvalue weighted by Crippen LogP contribution is 2.49. The number of rotatable bonds is 7. The lowest BCUT2D eigenvalue weighted by atomic mass is 9.80. The zero-order valence-electron chi connectivity index (χ0n) is 16.9. The molecule has 3 heterocycles. The molecule has 1 fully saturated rings. The number of hydrogen-bond acceptors (Lipinski definition) is 8. The first-order chi connectivity index (χ1) is 14.1. The summed E-state index contributed by atoms with van der Waals surface area (Å²) in [4.78, 5) is 33.4. The third kappa shape index (κ3) is 4.22. The smallest absolute Gasteiger partial charge is 0.337 e. The molecule has 30 heavy (non-hydrogen) atoms. The van der Waals surface area contributed by atoms with Gasteiger partial charge >= 0.3 is 11.9 Å². The van der Waals surface area contributed by atoms with E-state index in [0.717, 1.165) is 0 Å². The van der Waals surface area contributed by atoms with Gasteiger partial charge < -0.3 is 15.2 Å². The van der Waals surface area contributed by atoms with Gasteiger partial charge in [0.1, 0.15) is 0 Å². The van der Waals surface area contributed by atoms with Gasteiger partial charge in [0.25, 0.3) is 5.92 Å². The van der Waals surface area contributed by atoms with Crippen molar-refractivity contribution in [3.63, 3.8) is 0 Å². The number of nitrogens with one attached hydrogen (secondary N) is 1. The molecule has 11 heteroatoms. The summed E-state index contributed by atoms with van der Waals surface area (Å²) in [5, 5.41) is 14.5. The van der Waals surface area contributed by atoms with Crippen molar-refractivity contribution in [2.45, 2.75) is 38.7 Å². The third-order valence-electron chi connectivity index (χ3n) is 5.71. The Morgan fingerprint density at radius 1 is 1.43 bits per heavy atom. The third-order valence-corrected chi connectivity index (χ3v) is 6.49. The number of halogens is 2. The summed E-state index contributed by atoms with van der Waals surface area (Å²) in [5.41, 5.74) is -0.756. The number of thiazole rings is 1. The fraction of sp³-hybridized carbons (Fsp3) is 0.579. The molecule has 0 aromatic carbocycles. The Balaban J connectivity index is 1.89. The molecule has 1 aromatic rings. The first-order valence-corrected chi connectivity index (χ1v) is 10.3. The molecule has 0 bridgehead atoms. The van der Waals surface area contributed by atoms with E-state index in [1.807, 2.05) is 0 Å². The molecular weight excluding hydrogens is 418 g/mol. The maximum Gasteiger partial charge on any atom is 0.337 e. The van der Waals surface area contributed by atoms with Crippen LogP contribution in [0.2, 0.25) is 0 Å². The van der Waals surface area contributed by atoms with Crippen LogP contribution in [0, 0.1) is 5.41 Å². The molecule has 0 spiro atoms. The highest BCUT2D eigenvalue weighted by Gasteiger charge is 2.60. The van der Waals surface area contributed by atoms with Crippen LogP contribution in [0.4, 0.5) is 8.78 Å². The van der Waals surface area contributed by atoms with Crippen LogP contribution in [-0.2, 0) is 14.3 Å². The molecule has 0 saturated carbocycles. The van der Waals surface area contributed by atoms with Crippen LogP contribution in [-0.4, -0.2) is 71.5 Å². The molecule has 3 rings (SSSR count). The summed E-state index contributed by atoms with van der Waals surface area (Å²) in [5.74, 6) is -4.18. The second-order valence-corrected chi connectivity index (χ2v) is 8.75. The summed E-state index contributed by atoms with van der Waals surface area (Å²) < 4.78 is 34.4. The fourth-order valence-electron chi connectivity index (χ4n) is 3.86. The Morgan fingerprint density at radius 2 is 2.17 bits per heavy atom. The molecule has 1 aromatic heterocycles. The zero-order chi connectivity index (χ0) is 22.1. The molecule has 1 unspecified atom stereocenters. The number of carboxylic acids is 1. The van der Waals surface area contributed by atoms with Gasteiger partial charge in [-0.1, -0.05) is 13.8 Å². The van der Waals surface area contributed by atoms with Crippen LogP contribution in [0.1, 0.15) is 31.7 Å². The number of nitrogens with zero attached hydrogens (tertiary/aromatic N) is 3. The maximum absolute atomic E-state index is 14.8. The van der Waals surface area contributed by atoms with Crippen molar-refractivity contribution in [2.24, 2.45) is 10.4 Å². The van der Waals surface area contributed by atoms with E-state index in [4.69, 9.17) is 9.84 Å². The van der Waals surface area contributed by atoms with Gasteiger partial charge in [-0.3, -0.25) is 14.7 Å². The summed E-state index contributed by atoms with van der Waals surface area (Å²) in [7, 11) is 1.25. The van der Waals surface area contributed by atoms with Crippen molar-refractivity contribution in [1.82, 2.24) is 15.2 Å². The minimum Gasteiger partial charge on any atom is -0.481 e. The monoisotopic (exact) mass is 442 g/mol. The first kappa shape index (κ1) is 22.3. The molecule has 1 atom stereocenters. The van der Waals surface area contributed by atoms with Crippen LogP contribution in [0.3, 0.4) is 0 Å². The van der Waals surface area contributed by atoms with E-state index in [-0.39, 0.29) is 31.5 Å². The number of hydrogen-bond donors (Lipinski definition) is 2. The number of aliphatic imine (C=N–C) groups is 1. The van der Waals surface area contributed by atoms with E-state index in [1.54, 1.807) is 16.5 Å².